The number of thioether (sulfide) groups is 1. The first-order chi connectivity index (χ1) is 12.1. The first-order valence-corrected chi connectivity index (χ1v) is 9.67. The number of nitrogens with one attached hydrogen (secondary N) is 1. The molecule has 1 aromatic carbocycles. The Morgan fingerprint density at radius 3 is 2.56 bits per heavy atom. The molecule has 1 N–H and O–H groups in total. The van der Waals surface area contributed by atoms with E-state index in [2.05, 4.69) is 10.2 Å². The maximum Gasteiger partial charge on any atom is 0.344 e. The van der Waals surface area contributed by atoms with E-state index in [-0.39, 0.29) is 16.8 Å². The van der Waals surface area contributed by atoms with Crippen molar-refractivity contribution in [3.05, 3.63) is 46.4 Å². The molecule has 0 saturated carbocycles. The van der Waals surface area contributed by atoms with Crippen LogP contribution in [0, 0.1) is 0 Å². The zero-order valence-corrected chi connectivity index (χ0v) is 15.3. The lowest BCUT2D eigenvalue weighted by atomic mass is 10.2. The van der Waals surface area contributed by atoms with Gasteiger partial charge in [0.25, 0.3) is 0 Å². The summed E-state index contributed by atoms with van der Waals surface area (Å²) in [5, 5.41) is 6.92. The standard InChI is InChI=1S/C18H24N4O2S/c1-14(16(23)21-11-7-2-3-8-12-21)25-18-20-19-17(24)22(18)13-15-9-5-4-6-10-15/h4-6,9-10,14H,2-3,7-8,11-13H2,1H3,(H,19,24). The fourth-order valence-electron chi connectivity index (χ4n) is 3.06. The Balaban J connectivity index is 1.70. The summed E-state index contributed by atoms with van der Waals surface area (Å²) in [6.45, 7) is 4.01. The minimum atomic E-state index is -0.261. The zero-order valence-electron chi connectivity index (χ0n) is 14.5. The molecule has 2 aromatic rings. The van der Waals surface area contributed by atoms with Crippen LogP contribution in [0.5, 0.6) is 0 Å². The molecule has 1 aliphatic heterocycles. The van der Waals surface area contributed by atoms with Gasteiger partial charge in [0.15, 0.2) is 5.16 Å². The Kier molecular flexibility index (Phi) is 5.96. The maximum atomic E-state index is 12.7. The van der Waals surface area contributed by atoms with Gasteiger partial charge in [-0.3, -0.25) is 9.36 Å². The number of rotatable bonds is 5. The van der Waals surface area contributed by atoms with Gasteiger partial charge in [-0.2, -0.15) is 0 Å². The number of aromatic nitrogens is 3. The zero-order chi connectivity index (χ0) is 17.6. The minimum Gasteiger partial charge on any atom is -0.342 e. The molecule has 2 heterocycles. The van der Waals surface area contributed by atoms with E-state index in [1.54, 1.807) is 4.57 Å². The van der Waals surface area contributed by atoms with Crippen molar-refractivity contribution in [3.63, 3.8) is 0 Å². The van der Waals surface area contributed by atoms with Gasteiger partial charge >= 0.3 is 5.69 Å². The van der Waals surface area contributed by atoms with Crippen LogP contribution in [0.2, 0.25) is 0 Å². The molecule has 1 fully saturated rings. The summed E-state index contributed by atoms with van der Waals surface area (Å²) in [6.07, 6.45) is 4.54. The van der Waals surface area contributed by atoms with E-state index < -0.39 is 0 Å². The van der Waals surface area contributed by atoms with Gasteiger partial charge in [0, 0.05) is 13.1 Å². The van der Waals surface area contributed by atoms with Gasteiger partial charge in [0.05, 0.1) is 11.8 Å². The van der Waals surface area contributed by atoms with E-state index >= 15 is 0 Å². The molecule has 0 radical (unpaired) electrons. The molecular formula is C18H24N4O2S. The molecule has 1 unspecified atom stereocenters. The Morgan fingerprint density at radius 2 is 1.88 bits per heavy atom. The predicted octanol–water partition coefficient (Wildman–Crippen LogP) is 2.50. The van der Waals surface area contributed by atoms with Gasteiger partial charge in [-0.05, 0) is 25.3 Å². The molecule has 1 aromatic heterocycles. The number of hydrogen-bond acceptors (Lipinski definition) is 4. The van der Waals surface area contributed by atoms with Crippen molar-refractivity contribution >= 4 is 17.7 Å². The molecule has 1 aliphatic rings. The van der Waals surface area contributed by atoms with Gasteiger partial charge in [-0.1, -0.05) is 54.9 Å². The highest BCUT2D eigenvalue weighted by atomic mass is 32.2. The van der Waals surface area contributed by atoms with Crippen LogP contribution in [0.4, 0.5) is 0 Å². The number of benzene rings is 1. The molecular weight excluding hydrogens is 336 g/mol. The lowest BCUT2D eigenvalue weighted by Gasteiger charge is -2.23. The van der Waals surface area contributed by atoms with E-state index in [9.17, 15) is 9.59 Å². The van der Waals surface area contributed by atoms with Crippen molar-refractivity contribution in [3.8, 4) is 0 Å². The molecule has 1 amide bonds. The molecule has 3 rings (SSSR count). The lowest BCUT2D eigenvalue weighted by molar-refractivity contribution is -0.130. The number of carbonyl (C=O) groups excluding carboxylic acids is 1. The van der Waals surface area contributed by atoms with Crippen LogP contribution in [0.3, 0.4) is 0 Å². The second-order valence-electron chi connectivity index (χ2n) is 6.38. The summed E-state index contributed by atoms with van der Waals surface area (Å²) in [4.78, 5) is 26.7. The summed E-state index contributed by atoms with van der Waals surface area (Å²) in [7, 11) is 0. The number of hydrogen-bond donors (Lipinski definition) is 1. The fourth-order valence-corrected chi connectivity index (χ4v) is 3.99. The summed E-state index contributed by atoms with van der Waals surface area (Å²) < 4.78 is 1.59. The quantitative estimate of drug-likeness (QED) is 0.832. The maximum absolute atomic E-state index is 12.7. The summed E-state index contributed by atoms with van der Waals surface area (Å²) in [5.41, 5.74) is 0.778. The largest absolute Gasteiger partial charge is 0.344 e. The monoisotopic (exact) mass is 360 g/mol. The number of carbonyl (C=O) groups is 1. The number of amides is 1. The molecule has 6 nitrogen and oxygen atoms in total. The molecule has 1 atom stereocenters. The smallest absolute Gasteiger partial charge is 0.342 e. The first-order valence-electron chi connectivity index (χ1n) is 8.80. The van der Waals surface area contributed by atoms with Crippen molar-refractivity contribution in [2.24, 2.45) is 0 Å². The number of aromatic amines is 1. The highest BCUT2D eigenvalue weighted by Crippen LogP contribution is 2.23. The van der Waals surface area contributed by atoms with E-state index in [0.717, 1.165) is 31.5 Å². The molecule has 7 heteroatoms. The SMILES string of the molecule is CC(Sc1n[nH]c(=O)n1Cc1ccccc1)C(=O)N1CCCCCC1. The van der Waals surface area contributed by atoms with Crippen molar-refractivity contribution in [2.45, 2.75) is 49.6 Å². The van der Waals surface area contributed by atoms with Crippen molar-refractivity contribution in [2.75, 3.05) is 13.1 Å². The highest BCUT2D eigenvalue weighted by Gasteiger charge is 2.24. The minimum absolute atomic E-state index is 0.133. The second-order valence-corrected chi connectivity index (χ2v) is 7.69. The first kappa shape index (κ1) is 17.8. The third kappa shape index (κ3) is 4.54. The van der Waals surface area contributed by atoms with Crippen LogP contribution in [0.25, 0.3) is 0 Å². The third-order valence-corrected chi connectivity index (χ3v) is 5.53. The fraction of sp³-hybridized carbons (Fsp3) is 0.500. The van der Waals surface area contributed by atoms with Crippen molar-refractivity contribution in [1.29, 1.82) is 0 Å². The van der Waals surface area contributed by atoms with E-state index in [4.69, 9.17) is 0 Å². The van der Waals surface area contributed by atoms with E-state index in [1.165, 1.54) is 24.6 Å². The van der Waals surface area contributed by atoms with E-state index in [0.29, 0.717) is 11.7 Å². The van der Waals surface area contributed by atoms with Crippen LogP contribution in [-0.4, -0.2) is 43.9 Å². The van der Waals surface area contributed by atoms with Gasteiger partial charge in [-0.25, -0.2) is 9.89 Å². The molecule has 0 spiro atoms. The summed E-state index contributed by atoms with van der Waals surface area (Å²) in [5.74, 6) is 0.133. The van der Waals surface area contributed by atoms with Gasteiger partial charge < -0.3 is 4.90 Å². The second kappa shape index (κ2) is 8.38. The molecule has 0 bridgehead atoms. The normalized spacial score (nSPS) is 16.4. The number of likely N-dealkylation sites (tertiary alicyclic amines) is 1. The van der Waals surface area contributed by atoms with Crippen LogP contribution < -0.4 is 5.69 Å². The Hall–Kier alpha value is -2.02. The Morgan fingerprint density at radius 1 is 1.20 bits per heavy atom. The summed E-state index contributed by atoms with van der Waals surface area (Å²) >= 11 is 1.35. The average molecular weight is 360 g/mol. The van der Waals surface area contributed by atoms with Crippen LogP contribution in [-0.2, 0) is 11.3 Å². The molecule has 25 heavy (non-hydrogen) atoms. The molecule has 0 aliphatic carbocycles. The van der Waals surface area contributed by atoms with Crippen molar-refractivity contribution < 1.29 is 4.79 Å². The van der Waals surface area contributed by atoms with Crippen LogP contribution >= 0.6 is 11.8 Å². The van der Waals surface area contributed by atoms with Crippen LogP contribution in [0.1, 0.15) is 38.2 Å². The Labute approximate surface area is 151 Å². The predicted molar refractivity (Wildman–Crippen MR) is 98.8 cm³/mol. The van der Waals surface area contributed by atoms with Crippen molar-refractivity contribution in [1.82, 2.24) is 19.7 Å². The average Bonchev–Trinajstić information content (AvgIpc) is 2.84. The van der Waals surface area contributed by atoms with Gasteiger partial charge in [0.1, 0.15) is 0 Å². The summed E-state index contributed by atoms with van der Waals surface area (Å²) in [6, 6.07) is 9.77. The van der Waals surface area contributed by atoms with Crippen LogP contribution in [0.15, 0.2) is 40.3 Å². The molecule has 134 valence electrons. The highest BCUT2D eigenvalue weighted by molar-refractivity contribution is 8.00. The topological polar surface area (TPSA) is 71.0 Å². The lowest BCUT2D eigenvalue weighted by Crippen LogP contribution is -2.37. The third-order valence-electron chi connectivity index (χ3n) is 4.45. The Bertz CT molecular complexity index is 748. The van der Waals surface area contributed by atoms with Gasteiger partial charge in [-0.15, -0.1) is 5.10 Å². The number of nitrogens with zero attached hydrogens (tertiary/aromatic N) is 3. The number of H-pyrrole nitrogens is 1. The van der Waals surface area contributed by atoms with E-state index in [1.807, 2.05) is 42.2 Å². The molecule has 1 saturated heterocycles. The van der Waals surface area contributed by atoms with Gasteiger partial charge in [0.2, 0.25) is 5.91 Å².